The Kier molecular flexibility index (Phi) is 10.2. The Hall–Kier alpha value is -2.44. The Morgan fingerprint density at radius 1 is 1.08 bits per heavy atom. The lowest BCUT2D eigenvalue weighted by atomic mass is 9.99. The third-order valence-electron chi connectivity index (χ3n) is 5.89. The molecule has 12 heteroatoms. The first-order valence-corrected chi connectivity index (χ1v) is 12.8. The third kappa shape index (κ3) is 7.40. The normalized spacial score (nSPS) is 23.3. The fraction of sp³-hybridized carbons (Fsp3) is 0.481. The van der Waals surface area contributed by atoms with Gasteiger partial charge in [0.25, 0.3) is 0 Å². The summed E-state index contributed by atoms with van der Waals surface area (Å²) in [5, 5.41) is 30.0. The van der Waals surface area contributed by atoms with Crippen LogP contribution in [0.4, 0.5) is 0 Å². The van der Waals surface area contributed by atoms with Crippen molar-refractivity contribution in [3.8, 4) is 5.75 Å². The predicted molar refractivity (Wildman–Crippen MR) is 141 cm³/mol. The number of halogens is 2. The topological polar surface area (TPSA) is 141 Å². The number of ether oxygens (including phenoxy) is 5. The predicted octanol–water partition coefficient (Wildman–Crippen LogP) is 3.45. The van der Waals surface area contributed by atoms with E-state index in [2.05, 4.69) is 0 Å². The summed E-state index contributed by atoms with van der Waals surface area (Å²) < 4.78 is 27.1. The molecule has 3 N–H and O–H groups in total. The van der Waals surface area contributed by atoms with Crippen molar-refractivity contribution in [2.75, 3.05) is 13.7 Å². The molecule has 0 bridgehead atoms. The van der Waals surface area contributed by atoms with E-state index >= 15 is 0 Å². The van der Waals surface area contributed by atoms with Crippen molar-refractivity contribution in [2.45, 2.75) is 70.6 Å². The minimum absolute atomic E-state index is 0.00917. The molecule has 0 amide bonds. The number of hydrogen-bond donors (Lipinski definition) is 3. The summed E-state index contributed by atoms with van der Waals surface area (Å²) in [5.74, 6) is -1.26. The van der Waals surface area contributed by atoms with Crippen molar-refractivity contribution in [1.29, 1.82) is 0 Å². The third-order valence-corrected chi connectivity index (χ3v) is 6.62. The maximum absolute atomic E-state index is 13.0. The minimum Gasteiger partial charge on any atom is -0.486 e. The molecule has 1 fully saturated rings. The van der Waals surface area contributed by atoms with Gasteiger partial charge in [-0.3, -0.25) is 0 Å². The van der Waals surface area contributed by atoms with E-state index in [4.69, 9.17) is 46.9 Å². The van der Waals surface area contributed by atoms with E-state index in [9.17, 15) is 24.9 Å². The smallest absolute Gasteiger partial charge is 0.339 e. The van der Waals surface area contributed by atoms with Gasteiger partial charge in [-0.15, -0.1) is 0 Å². The molecule has 1 aliphatic rings. The number of rotatable bonds is 8. The SMILES string of the molecule is CO[C@H]1O[C@H](CO)[C@@H](O)[C@H](O)[C@H]1OC(=O)c1cc(Cl)c(OCc2cccc(C(=O)OC(C)(C)C)c2)c(Cl)c1C. The zero-order valence-corrected chi connectivity index (χ0v) is 23.7. The lowest BCUT2D eigenvalue weighted by Crippen LogP contribution is -2.60. The number of aliphatic hydroxyl groups excluding tert-OH is 3. The highest BCUT2D eigenvalue weighted by atomic mass is 35.5. The second-order valence-electron chi connectivity index (χ2n) is 9.98. The van der Waals surface area contributed by atoms with Gasteiger partial charge >= 0.3 is 11.9 Å². The van der Waals surface area contributed by atoms with Crippen molar-refractivity contribution in [2.24, 2.45) is 0 Å². The van der Waals surface area contributed by atoms with E-state index in [1.807, 2.05) is 0 Å². The molecule has 2 aromatic rings. The number of benzene rings is 2. The molecule has 0 saturated carbocycles. The number of carbonyl (C=O) groups excluding carboxylic acids is 2. The Morgan fingerprint density at radius 3 is 2.38 bits per heavy atom. The van der Waals surface area contributed by atoms with Crippen LogP contribution in [0, 0.1) is 6.92 Å². The van der Waals surface area contributed by atoms with Gasteiger partial charge in [0, 0.05) is 7.11 Å². The van der Waals surface area contributed by atoms with Crippen LogP contribution in [0.15, 0.2) is 30.3 Å². The van der Waals surface area contributed by atoms with Crippen LogP contribution in [0.5, 0.6) is 5.75 Å². The van der Waals surface area contributed by atoms with Crippen LogP contribution in [0.3, 0.4) is 0 Å². The first kappa shape index (κ1) is 31.1. The van der Waals surface area contributed by atoms with E-state index in [0.717, 1.165) is 0 Å². The largest absolute Gasteiger partial charge is 0.486 e. The summed E-state index contributed by atoms with van der Waals surface area (Å²) in [5.41, 5.74) is 0.654. The molecule has 39 heavy (non-hydrogen) atoms. The molecular formula is C27H32Cl2O10. The number of methoxy groups -OCH3 is 1. The molecule has 0 aromatic heterocycles. The Bertz CT molecular complexity index is 1190. The van der Waals surface area contributed by atoms with E-state index < -0.39 is 54.9 Å². The molecule has 1 aliphatic heterocycles. The van der Waals surface area contributed by atoms with Crippen LogP contribution in [0.25, 0.3) is 0 Å². The summed E-state index contributed by atoms with van der Waals surface area (Å²) in [6.45, 7) is 6.34. The number of carbonyl (C=O) groups is 2. The second-order valence-corrected chi connectivity index (χ2v) is 10.8. The Balaban J connectivity index is 1.76. The zero-order valence-electron chi connectivity index (χ0n) is 22.1. The fourth-order valence-corrected chi connectivity index (χ4v) is 4.44. The van der Waals surface area contributed by atoms with Crippen LogP contribution in [-0.4, -0.2) is 77.3 Å². The first-order chi connectivity index (χ1) is 18.3. The highest BCUT2D eigenvalue weighted by Gasteiger charge is 2.47. The van der Waals surface area contributed by atoms with Crippen LogP contribution >= 0.6 is 23.2 Å². The van der Waals surface area contributed by atoms with Crippen LogP contribution < -0.4 is 4.74 Å². The maximum Gasteiger partial charge on any atom is 0.339 e. The summed E-state index contributed by atoms with van der Waals surface area (Å²) in [4.78, 5) is 25.4. The molecule has 0 unspecified atom stereocenters. The van der Waals surface area contributed by atoms with Crippen molar-refractivity contribution in [3.05, 3.63) is 62.6 Å². The van der Waals surface area contributed by atoms with Gasteiger partial charge in [-0.05, 0) is 57.0 Å². The molecule has 0 radical (unpaired) electrons. The molecule has 10 nitrogen and oxygen atoms in total. The average Bonchev–Trinajstić information content (AvgIpc) is 2.88. The molecule has 0 spiro atoms. The number of esters is 2. The molecule has 5 atom stereocenters. The van der Waals surface area contributed by atoms with Gasteiger partial charge < -0.3 is 39.0 Å². The van der Waals surface area contributed by atoms with Gasteiger partial charge in [-0.25, -0.2) is 9.59 Å². The van der Waals surface area contributed by atoms with Crippen LogP contribution in [-0.2, 0) is 25.6 Å². The molecule has 1 saturated heterocycles. The monoisotopic (exact) mass is 586 g/mol. The lowest BCUT2D eigenvalue weighted by Gasteiger charge is -2.40. The van der Waals surface area contributed by atoms with Crippen molar-refractivity contribution < 1.29 is 48.6 Å². The van der Waals surface area contributed by atoms with Crippen molar-refractivity contribution in [1.82, 2.24) is 0 Å². The van der Waals surface area contributed by atoms with E-state index in [1.54, 1.807) is 52.0 Å². The van der Waals surface area contributed by atoms with Crippen molar-refractivity contribution >= 4 is 35.1 Å². The highest BCUT2D eigenvalue weighted by molar-refractivity contribution is 6.38. The van der Waals surface area contributed by atoms with Gasteiger partial charge in [0.05, 0.1) is 27.8 Å². The van der Waals surface area contributed by atoms with E-state index in [-0.39, 0.29) is 33.5 Å². The molecule has 3 rings (SSSR count). The molecular weight excluding hydrogens is 555 g/mol. The Labute approximate surface area is 236 Å². The maximum atomic E-state index is 13.0. The van der Waals surface area contributed by atoms with Gasteiger partial charge in [0.2, 0.25) is 0 Å². The van der Waals surface area contributed by atoms with Gasteiger partial charge in [0.1, 0.15) is 30.5 Å². The first-order valence-electron chi connectivity index (χ1n) is 12.1. The molecule has 2 aromatic carbocycles. The van der Waals surface area contributed by atoms with E-state index in [0.29, 0.717) is 11.1 Å². The van der Waals surface area contributed by atoms with Crippen LogP contribution in [0.1, 0.15) is 52.6 Å². The Morgan fingerprint density at radius 2 is 1.77 bits per heavy atom. The van der Waals surface area contributed by atoms with E-state index in [1.165, 1.54) is 13.2 Å². The zero-order chi connectivity index (χ0) is 29.1. The summed E-state index contributed by atoms with van der Waals surface area (Å²) in [7, 11) is 1.26. The van der Waals surface area contributed by atoms with Gasteiger partial charge in [-0.2, -0.15) is 0 Å². The quantitative estimate of drug-likeness (QED) is 0.394. The number of aliphatic hydroxyl groups is 3. The molecule has 0 aliphatic carbocycles. The fourth-order valence-electron chi connectivity index (χ4n) is 3.88. The van der Waals surface area contributed by atoms with Gasteiger partial charge in [-0.1, -0.05) is 35.3 Å². The number of hydrogen-bond acceptors (Lipinski definition) is 10. The lowest BCUT2D eigenvalue weighted by molar-refractivity contribution is -0.293. The van der Waals surface area contributed by atoms with Gasteiger partial charge in [0.15, 0.2) is 18.1 Å². The van der Waals surface area contributed by atoms with Crippen molar-refractivity contribution in [3.63, 3.8) is 0 Å². The summed E-state index contributed by atoms with van der Waals surface area (Å²) in [6.07, 6.45) is -6.86. The van der Waals surface area contributed by atoms with Crippen LogP contribution in [0.2, 0.25) is 10.0 Å². The highest BCUT2D eigenvalue weighted by Crippen LogP contribution is 2.39. The molecule has 214 valence electrons. The standard InChI is InChI=1S/C27H32Cl2O10/c1-13-16(25(34)38-23-21(32)20(31)18(11-30)37-26(23)35-5)10-17(28)22(19(13)29)36-12-14-7-6-8-15(9-14)24(33)39-27(2,3)4/h6-10,18,20-21,23,26,30-32H,11-12H2,1-5H3/t18-,20-,21+,23-,26+/m1/s1. The minimum atomic E-state index is -1.59. The molecule has 1 heterocycles. The summed E-state index contributed by atoms with van der Waals surface area (Å²) in [6, 6.07) is 8.03. The summed E-state index contributed by atoms with van der Waals surface area (Å²) >= 11 is 12.9. The second kappa shape index (κ2) is 12.8. The average molecular weight is 587 g/mol.